The van der Waals surface area contributed by atoms with Gasteiger partial charge in [-0.05, 0) is 19.7 Å². The van der Waals surface area contributed by atoms with Crippen molar-refractivity contribution in [2.45, 2.75) is 26.4 Å². The minimum Gasteiger partial charge on any atom is -0.380 e. The van der Waals surface area contributed by atoms with Crippen LogP contribution in [0.25, 0.3) is 0 Å². The average molecular weight is 277 g/mol. The molecule has 0 radical (unpaired) electrons. The molecule has 1 aliphatic heterocycles. The minimum absolute atomic E-state index is 0.446. The first kappa shape index (κ1) is 12.6. The maximum Gasteiger partial charge on any atom is 0.175 e. The molecule has 1 N–H and O–H groups in total. The molecule has 0 bridgehead atoms. The second-order valence-electron chi connectivity index (χ2n) is 3.45. The van der Waals surface area contributed by atoms with Crippen molar-refractivity contribution in [1.29, 1.82) is 0 Å². The SMILES string of the molecule is CNC1CCOCC1Sc1nnc(SC)s1. The highest BCUT2D eigenvalue weighted by Gasteiger charge is 2.26. The summed E-state index contributed by atoms with van der Waals surface area (Å²) in [5, 5.41) is 12.1. The molecule has 1 aromatic rings. The number of hydrogen-bond donors (Lipinski definition) is 1. The average Bonchev–Trinajstić information content (AvgIpc) is 2.77. The third-order valence-corrected chi connectivity index (χ3v) is 5.77. The molecule has 0 aliphatic carbocycles. The van der Waals surface area contributed by atoms with E-state index < -0.39 is 0 Å². The van der Waals surface area contributed by atoms with Gasteiger partial charge in [-0.15, -0.1) is 10.2 Å². The molecule has 0 amide bonds. The van der Waals surface area contributed by atoms with E-state index in [1.165, 1.54) is 0 Å². The second-order valence-corrected chi connectivity index (χ2v) is 6.97. The Morgan fingerprint density at radius 1 is 1.44 bits per heavy atom. The van der Waals surface area contributed by atoms with Crippen molar-refractivity contribution in [1.82, 2.24) is 15.5 Å². The zero-order valence-corrected chi connectivity index (χ0v) is 11.8. The molecule has 4 nitrogen and oxygen atoms in total. The van der Waals surface area contributed by atoms with E-state index in [0.717, 1.165) is 28.3 Å². The Hall–Kier alpha value is 0.180. The van der Waals surface area contributed by atoms with Crippen molar-refractivity contribution in [3.63, 3.8) is 0 Å². The van der Waals surface area contributed by atoms with Gasteiger partial charge in [-0.3, -0.25) is 0 Å². The highest BCUT2D eigenvalue weighted by Crippen LogP contribution is 2.33. The summed E-state index contributed by atoms with van der Waals surface area (Å²) in [7, 11) is 2.01. The van der Waals surface area contributed by atoms with Gasteiger partial charge in [0, 0.05) is 12.6 Å². The molecule has 2 rings (SSSR count). The van der Waals surface area contributed by atoms with Gasteiger partial charge in [0.1, 0.15) is 0 Å². The predicted octanol–water partition coefficient (Wildman–Crippen LogP) is 1.73. The number of nitrogens with one attached hydrogen (secondary N) is 1. The van der Waals surface area contributed by atoms with Crippen molar-refractivity contribution < 1.29 is 4.74 Å². The maximum absolute atomic E-state index is 5.51. The highest BCUT2D eigenvalue weighted by molar-refractivity contribution is 8.03. The lowest BCUT2D eigenvalue weighted by Crippen LogP contribution is -2.43. The van der Waals surface area contributed by atoms with Crippen LogP contribution in [-0.4, -0.2) is 48.0 Å². The molecule has 1 saturated heterocycles. The molecule has 1 fully saturated rings. The van der Waals surface area contributed by atoms with E-state index in [-0.39, 0.29) is 0 Å². The molecule has 2 heterocycles. The van der Waals surface area contributed by atoms with Crippen LogP contribution >= 0.6 is 34.9 Å². The number of rotatable bonds is 4. The van der Waals surface area contributed by atoms with Crippen molar-refractivity contribution >= 4 is 34.9 Å². The number of ether oxygens (including phenoxy) is 1. The van der Waals surface area contributed by atoms with Crippen LogP contribution in [0, 0.1) is 0 Å². The van der Waals surface area contributed by atoms with E-state index in [9.17, 15) is 0 Å². The Bertz CT molecular complexity index is 334. The van der Waals surface area contributed by atoms with Crippen molar-refractivity contribution in [2.24, 2.45) is 0 Å². The van der Waals surface area contributed by atoms with Gasteiger partial charge in [-0.2, -0.15) is 0 Å². The molecule has 1 aromatic heterocycles. The normalized spacial score (nSPS) is 25.9. The fourth-order valence-electron chi connectivity index (χ4n) is 1.61. The van der Waals surface area contributed by atoms with Crippen LogP contribution in [0.2, 0.25) is 0 Å². The summed E-state index contributed by atoms with van der Waals surface area (Å²) in [6, 6.07) is 0.514. The van der Waals surface area contributed by atoms with Gasteiger partial charge in [0.25, 0.3) is 0 Å². The zero-order valence-electron chi connectivity index (χ0n) is 9.30. The standard InChI is InChI=1S/C9H15N3OS3/c1-10-6-3-4-13-5-7(6)15-9-12-11-8(14-2)16-9/h6-7,10H,3-5H2,1-2H3. The van der Waals surface area contributed by atoms with Crippen LogP contribution in [0.1, 0.15) is 6.42 Å². The van der Waals surface area contributed by atoms with E-state index >= 15 is 0 Å². The van der Waals surface area contributed by atoms with E-state index in [0.29, 0.717) is 11.3 Å². The summed E-state index contributed by atoms with van der Waals surface area (Å²) in [5.74, 6) is 0. The molecule has 2 unspecified atom stereocenters. The summed E-state index contributed by atoms with van der Waals surface area (Å²) in [4.78, 5) is 0. The van der Waals surface area contributed by atoms with Crippen molar-refractivity contribution in [3.8, 4) is 0 Å². The number of thioether (sulfide) groups is 2. The fourth-order valence-corrected chi connectivity index (χ4v) is 4.53. The Balaban J connectivity index is 1.96. The van der Waals surface area contributed by atoms with Gasteiger partial charge < -0.3 is 10.1 Å². The summed E-state index contributed by atoms with van der Waals surface area (Å²) < 4.78 is 7.58. The molecule has 2 atom stereocenters. The molecular formula is C9H15N3OS3. The minimum atomic E-state index is 0.446. The molecule has 0 spiro atoms. The quantitative estimate of drug-likeness (QED) is 0.846. The van der Waals surface area contributed by atoms with Crippen molar-refractivity contribution in [3.05, 3.63) is 0 Å². The molecule has 16 heavy (non-hydrogen) atoms. The van der Waals surface area contributed by atoms with Crippen molar-refractivity contribution in [2.75, 3.05) is 26.5 Å². The lowest BCUT2D eigenvalue weighted by Gasteiger charge is -2.29. The molecule has 0 saturated carbocycles. The van der Waals surface area contributed by atoms with Crippen LogP contribution in [-0.2, 0) is 4.74 Å². The first-order valence-corrected chi connectivity index (χ1v) is 8.04. The third kappa shape index (κ3) is 3.10. The molecule has 7 heteroatoms. The van der Waals surface area contributed by atoms with E-state index in [2.05, 4.69) is 15.5 Å². The lowest BCUT2D eigenvalue weighted by molar-refractivity contribution is 0.0850. The van der Waals surface area contributed by atoms with Gasteiger partial charge in [-0.25, -0.2) is 0 Å². The van der Waals surface area contributed by atoms with Crippen LogP contribution < -0.4 is 5.32 Å². The first-order chi connectivity index (χ1) is 7.83. The van der Waals surface area contributed by atoms with E-state index in [1.807, 2.05) is 13.3 Å². The smallest absolute Gasteiger partial charge is 0.175 e. The van der Waals surface area contributed by atoms with Crippen LogP contribution in [0.15, 0.2) is 8.68 Å². The molecule has 1 aliphatic rings. The number of nitrogens with zero attached hydrogens (tertiary/aromatic N) is 2. The molecular weight excluding hydrogens is 262 g/mol. The lowest BCUT2D eigenvalue weighted by atomic mass is 10.1. The maximum atomic E-state index is 5.51. The summed E-state index contributed by atoms with van der Waals surface area (Å²) in [6.45, 7) is 1.65. The Labute approximate surface area is 108 Å². The Morgan fingerprint density at radius 3 is 2.94 bits per heavy atom. The summed E-state index contributed by atoms with van der Waals surface area (Å²) in [5.41, 5.74) is 0. The van der Waals surface area contributed by atoms with E-state index in [4.69, 9.17) is 4.74 Å². The topological polar surface area (TPSA) is 47.0 Å². The van der Waals surface area contributed by atoms with Gasteiger partial charge in [0.2, 0.25) is 0 Å². The fraction of sp³-hybridized carbons (Fsp3) is 0.778. The zero-order chi connectivity index (χ0) is 11.4. The predicted molar refractivity (Wildman–Crippen MR) is 69.6 cm³/mol. The van der Waals surface area contributed by atoms with E-state index in [1.54, 1.807) is 34.9 Å². The van der Waals surface area contributed by atoms with Crippen LogP contribution in [0.4, 0.5) is 0 Å². The largest absolute Gasteiger partial charge is 0.380 e. The summed E-state index contributed by atoms with van der Waals surface area (Å²) in [6.07, 6.45) is 3.09. The molecule has 0 aromatic carbocycles. The van der Waals surface area contributed by atoms with Gasteiger partial charge in [0.15, 0.2) is 8.68 Å². The first-order valence-electron chi connectivity index (χ1n) is 5.12. The van der Waals surface area contributed by atoms with Gasteiger partial charge >= 0.3 is 0 Å². The van der Waals surface area contributed by atoms with Crippen LogP contribution in [0.3, 0.4) is 0 Å². The Kier molecular flexibility index (Phi) is 4.90. The second kappa shape index (κ2) is 6.20. The number of aromatic nitrogens is 2. The van der Waals surface area contributed by atoms with Gasteiger partial charge in [-0.1, -0.05) is 34.9 Å². The Morgan fingerprint density at radius 2 is 2.25 bits per heavy atom. The third-order valence-electron chi connectivity index (χ3n) is 2.49. The monoisotopic (exact) mass is 277 g/mol. The number of hydrogen-bond acceptors (Lipinski definition) is 7. The summed E-state index contributed by atoms with van der Waals surface area (Å²) >= 11 is 5.08. The molecule has 90 valence electrons. The highest BCUT2D eigenvalue weighted by atomic mass is 32.2. The van der Waals surface area contributed by atoms with Gasteiger partial charge in [0.05, 0.1) is 11.9 Å². The van der Waals surface area contributed by atoms with Crippen LogP contribution in [0.5, 0.6) is 0 Å².